The van der Waals surface area contributed by atoms with Gasteiger partial charge >= 0.3 is 0 Å². The summed E-state index contributed by atoms with van der Waals surface area (Å²) in [4.78, 5) is 12.9. The molecule has 0 bridgehead atoms. The topological polar surface area (TPSA) is 115 Å². The average molecular weight is 434 g/mol. The molecule has 3 N–H and O–H groups in total. The highest BCUT2D eigenvalue weighted by atomic mass is 16.5. The lowest BCUT2D eigenvalue weighted by atomic mass is 9.99. The lowest BCUT2D eigenvalue weighted by Crippen LogP contribution is -2.11. The van der Waals surface area contributed by atoms with Crippen molar-refractivity contribution in [2.75, 3.05) is 59.5 Å². The van der Waals surface area contributed by atoms with Gasteiger partial charge in [0, 0.05) is 17.7 Å². The number of carbonyl (C=O) groups excluding carboxylic acids is 1. The van der Waals surface area contributed by atoms with Crippen molar-refractivity contribution >= 4 is 5.78 Å². The fraction of sp³-hybridized carbons (Fsp3) is 0.435. The number of benzene rings is 2. The molecule has 0 aromatic heterocycles. The predicted molar refractivity (Wildman–Crippen MR) is 114 cm³/mol. The minimum atomic E-state index is -0.144. The van der Waals surface area contributed by atoms with Gasteiger partial charge in [-0.15, -0.1) is 0 Å². The van der Waals surface area contributed by atoms with Gasteiger partial charge in [-0.25, -0.2) is 0 Å². The van der Waals surface area contributed by atoms with Gasteiger partial charge < -0.3 is 34.3 Å². The Morgan fingerprint density at radius 3 is 1.90 bits per heavy atom. The number of rotatable bonds is 16. The standard InChI is InChI=1S/C23H30O8/c24-8-7-19-17-20(3-6-22(19)31-16-14-29-12-10-26)23(27)18-1-4-21(5-2-18)30-15-13-28-11-9-25/h1-6,17,24-26H,7-16H2. The third kappa shape index (κ3) is 8.64. The zero-order chi connectivity index (χ0) is 22.3. The van der Waals surface area contributed by atoms with Gasteiger partial charge in [-0.2, -0.15) is 0 Å². The van der Waals surface area contributed by atoms with Crippen LogP contribution in [-0.4, -0.2) is 80.6 Å². The number of ketones is 1. The van der Waals surface area contributed by atoms with Crippen LogP contribution in [0.15, 0.2) is 42.5 Å². The zero-order valence-electron chi connectivity index (χ0n) is 17.5. The molecule has 0 radical (unpaired) electrons. The first-order chi connectivity index (χ1) is 15.2. The van der Waals surface area contributed by atoms with Crippen LogP contribution in [0, 0.1) is 0 Å². The molecule has 0 fully saturated rings. The summed E-state index contributed by atoms with van der Waals surface area (Å²) in [6, 6.07) is 12.0. The van der Waals surface area contributed by atoms with Crippen molar-refractivity contribution in [3.05, 3.63) is 59.2 Å². The van der Waals surface area contributed by atoms with Gasteiger partial charge in [-0.3, -0.25) is 4.79 Å². The fourth-order valence-electron chi connectivity index (χ4n) is 2.81. The normalized spacial score (nSPS) is 10.8. The first-order valence-corrected chi connectivity index (χ1v) is 10.2. The van der Waals surface area contributed by atoms with Crippen LogP contribution in [0.2, 0.25) is 0 Å². The molecular weight excluding hydrogens is 404 g/mol. The molecule has 0 aliphatic rings. The Kier molecular flexibility index (Phi) is 11.6. The largest absolute Gasteiger partial charge is 0.491 e. The number of hydrogen-bond acceptors (Lipinski definition) is 8. The minimum Gasteiger partial charge on any atom is -0.491 e. The van der Waals surface area contributed by atoms with Crippen LogP contribution in [0.4, 0.5) is 0 Å². The van der Waals surface area contributed by atoms with E-state index in [0.717, 1.165) is 5.56 Å². The fourth-order valence-corrected chi connectivity index (χ4v) is 2.81. The number of hydrogen-bond donors (Lipinski definition) is 3. The van der Waals surface area contributed by atoms with Crippen molar-refractivity contribution in [1.29, 1.82) is 0 Å². The molecule has 0 spiro atoms. The maximum Gasteiger partial charge on any atom is 0.193 e. The summed E-state index contributed by atoms with van der Waals surface area (Å²) in [7, 11) is 0. The van der Waals surface area contributed by atoms with Gasteiger partial charge in [0.05, 0.1) is 39.6 Å². The molecule has 0 saturated heterocycles. The average Bonchev–Trinajstić information content (AvgIpc) is 2.80. The maximum absolute atomic E-state index is 12.9. The van der Waals surface area contributed by atoms with Gasteiger partial charge in [0.15, 0.2) is 5.78 Å². The molecular formula is C23H30O8. The Labute approximate surface area is 182 Å². The van der Waals surface area contributed by atoms with Crippen LogP contribution in [0.25, 0.3) is 0 Å². The molecule has 31 heavy (non-hydrogen) atoms. The number of carbonyl (C=O) groups is 1. The maximum atomic E-state index is 12.9. The van der Waals surface area contributed by atoms with Crippen molar-refractivity contribution in [2.24, 2.45) is 0 Å². The van der Waals surface area contributed by atoms with E-state index in [4.69, 9.17) is 29.2 Å². The van der Waals surface area contributed by atoms with Crippen molar-refractivity contribution in [3.63, 3.8) is 0 Å². The Balaban J connectivity index is 1.97. The van der Waals surface area contributed by atoms with Crippen molar-refractivity contribution in [3.8, 4) is 11.5 Å². The minimum absolute atomic E-state index is 0.0248. The zero-order valence-corrected chi connectivity index (χ0v) is 17.5. The van der Waals surface area contributed by atoms with E-state index in [-0.39, 0.29) is 38.8 Å². The van der Waals surface area contributed by atoms with Crippen LogP contribution in [-0.2, 0) is 15.9 Å². The van der Waals surface area contributed by atoms with E-state index in [2.05, 4.69) is 0 Å². The summed E-state index contributed by atoms with van der Waals surface area (Å²) in [6.45, 7) is 1.75. The molecule has 0 aliphatic heterocycles. The predicted octanol–water partition coefficient (Wildman–Crippen LogP) is 1.23. The van der Waals surface area contributed by atoms with Crippen molar-refractivity contribution in [1.82, 2.24) is 0 Å². The monoisotopic (exact) mass is 434 g/mol. The van der Waals surface area contributed by atoms with Crippen molar-refractivity contribution < 1.29 is 39.1 Å². The highest BCUT2D eigenvalue weighted by Gasteiger charge is 2.13. The van der Waals surface area contributed by atoms with Gasteiger partial charge in [-0.05, 0) is 54.4 Å². The summed E-state index contributed by atoms with van der Waals surface area (Å²) in [6.07, 6.45) is 0.360. The highest BCUT2D eigenvalue weighted by Crippen LogP contribution is 2.23. The van der Waals surface area contributed by atoms with Crippen LogP contribution in [0.5, 0.6) is 11.5 Å². The summed E-state index contributed by atoms with van der Waals surface area (Å²) < 4.78 is 21.5. The third-order valence-corrected chi connectivity index (χ3v) is 4.27. The van der Waals surface area contributed by atoms with E-state index in [0.29, 0.717) is 55.5 Å². The van der Waals surface area contributed by atoms with Crippen LogP contribution >= 0.6 is 0 Å². The van der Waals surface area contributed by atoms with E-state index < -0.39 is 0 Å². The Bertz CT molecular complexity index is 776. The lowest BCUT2D eigenvalue weighted by molar-refractivity contribution is 0.0702. The van der Waals surface area contributed by atoms with Gasteiger partial charge in [0.2, 0.25) is 0 Å². The molecule has 8 nitrogen and oxygen atoms in total. The molecule has 0 amide bonds. The second kappa shape index (κ2) is 14.5. The highest BCUT2D eigenvalue weighted by molar-refractivity contribution is 6.09. The van der Waals surface area contributed by atoms with E-state index >= 15 is 0 Å². The first kappa shape index (κ1) is 24.8. The number of aliphatic hydroxyl groups excluding tert-OH is 3. The second-order valence-corrected chi connectivity index (χ2v) is 6.52. The third-order valence-electron chi connectivity index (χ3n) is 4.27. The molecule has 0 aliphatic carbocycles. The number of aliphatic hydroxyl groups is 3. The van der Waals surface area contributed by atoms with Crippen molar-refractivity contribution in [2.45, 2.75) is 6.42 Å². The smallest absolute Gasteiger partial charge is 0.193 e. The summed E-state index contributed by atoms with van der Waals surface area (Å²) in [5, 5.41) is 26.7. The van der Waals surface area contributed by atoms with Crippen LogP contribution < -0.4 is 9.47 Å². The molecule has 8 heteroatoms. The molecule has 0 saturated carbocycles. The Morgan fingerprint density at radius 1 is 0.677 bits per heavy atom. The lowest BCUT2D eigenvalue weighted by Gasteiger charge is -2.13. The first-order valence-electron chi connectivity index (χ1n) is 10.2. The molecule has 0 heterocycles. The van der Waals surface area contributed by atoms with E-state index in [1.54, 1.807) is 42.5 Å². The quantitative estimate of drug-likeness (QED) is 0.267. The molecule has 0 unspecified atom stereocenters. The van der Waals surface area contributed by atoms with E-state index in [1.807, 2.05) is 0 Å². The van der Waals surface area contributed by atoms with E-state index in [9.17, 15) is 9.90 Å². The van der Waals surface area contributed by atoms with Crippen LogP contribution in [0.3, 0.4) is 0 Å². The second-order valence-electron chi connectivity index (χ2n) is 6.52. The van der Waals surface area contributed by atoms with E-state index in [1.165, 1.54) is 0 Å². The molecule has 0 atom stereocenters. The molecule has 2 aromatic carbocycles. The summed E-state index contributed by atoms with van der Waals surface area (Å²) >= 11 is 0. The molecule has 170 valence electrons. The Morgan fingerprint density at radius 2 is 1.29 bits per heavy atom. The van der Waals surface area contributed by atoms with Crippen LogP contribution in [0.1, 0.15) is 21.5 Å². The number of ether oxygens (including phenoxy) is 4. The summed E-state index contributed by atoms with van der Waals surface area (Å²) in [5.41, 5.74) is 1.75. The molecule has 2 aromatic rings. The van der Waals surface area contributed by atoms with Gasteiger partial charge in [0.1, 0.15) is 24.7 Å². The summed E-state index contributed by atoms with van der Waals surface area (Å²) in [5.74, 6) is 1.07. The Hall–Kier alpha value is -2.49. The van der Waals surface area contributed by atoms with Gasteiger partial charge in [0.25, 0.3) is 0 Å². The SMILES string of the molecule is O=C(c1ccc(OCCOCCO)cc1)c1ccc(OCCOCCO)c(CCO)c1. The molecule has 2 rings (SSSR count). The van der Waals surface area contributed by atoms with Gasteiger partial charge in [-0.1, -0.05) is 0 Å².